The standard InChI is InChI=1S/C26H31N3O4S2/c1-4-20-9-10-21(16-23(20)35(31,32)29-22-8-6-5-7-17(22)2)25-18(3)27-26(34-25)28-24(30)15-19-11-13-33-14-12-19/h5-10,16,19,29H,4,11-15H2,1-3H3,(H,27,28,30). The Bertz CT molecular complexity index is 1310. The van der Waals surface area contributed by atoms with Crippen LogP contribution in [0.3, 0.4) is 0 Å². The Balaban J connectivity index is 1.58. The van der Waals surface area contributed by atoms with Crippen LogP contribution in [0.1, 0.15) is 43.0 Å². The van der Waals surface area contributed by atoms with E-state index in [1.54, 1.807) is 18.2 Å². The first-order valence-electron chi connectivity index (χ1n) is 11.8. The molecule has 0 bridgehead atoms. The number of amides is 1. The van der Waals surface area contributed by atoms with Gasteiger partial charge in [0.15, 0.2) is 5.13 Å². The van der Waals surface area contributed by atoms with Gasteiger partial charge >= 0.3 is 0 Å². The Morgan fingerprint density at radius 1 is 1.14 bits per heavy atom. The number of benzene rings is 2. The zero-order valence-corrected chi connectivity index (χ0v) is 21.9. The molecule has 1 aliphatic heterocycles. The molecule has 2 heterocycles. The van der Waals surface area contributed by atoms with Gasteiger partial charge in [-0.1, -0.05) is 48.6 Å². The highest BCUT2D eigenvalue weighted by Gasteiger charge is 2.22. The van der Waals surface area contributed by atoms with Crippen LogP contribution >= 0.6 is 11.3 Å². The van der Waals surface area contributed by atoms with Crippen molar-refractivity contribution in [2.75, 3.05) is 23.3 Å². The van der Waals surface area contributed by atoms with Gasteiger partial charge in [-0.3, -0.25) is 9.52 Å². The van der Waals surface area contributed by atoms with Crippen molar-refractivity contribution in [3.63, 3.8) is 0 Å². The van der Waals surface area contributed by atoms with E-state index in [1.165, 1.54) is 11.3 Å². The lowest BCUT2D eigenvalue weighted by Crippen LogP contribution is -2.22. The second kappa shape index (κ2) is 10.9. The molecule has 0 unspecified atom stereocenters. The number of hydrogen-bond acceptors (Lipinski definition) is 6. The van der Waals surface area contributed by atoms with Crippen molar-refractivity contribution < 1.29 is 17.9 Å². The minimum atomic E-state index is -3.80. The van der Waals surface area contributed by atoms with Crippen LogP contribution < -0.4 is 10.0 Å². The maximum Gasteiger partial charge on any atom is 0.262 e. The van der Waals surface area contributed by atoms with Gasteiger partial charge < -0.3 is 10.1 Å². The fourth-order valence-electron chi connectivity index (χ4n) is 4.23. The molecule has 0 atom stereocenters. The highest BCUT2D eigenvalue weighted by molar-refractivity contribution is 7.92. The van der Waals surface area contributed by atoms with Gasteiger partial charge in [0.1, 0.15) is 0 Å². The lowest BCUT2D eigenvalue weighted by atomic mass is 9.96. The van der Waals surface area contributed by atoms with Gasteiger partial charge in [0.05, 0.1) is 21.2 Å². The van der Waals surface area contributed by atoms with E-state index >= 15 is 0 Å². The van der Waals surface area contributed by atoms with Gasteiger partial charge in [-0.2, -0.15) is 0 Å². The van der Waals surface area contributed by atoms with Crippen molar-refractivity contribution >= 4 is 38.1 Å². The summed E-state index contributed by atoms with van der Waals surface area (Å²) >= 11 is 1.36. The molecule has 3 aromatic rings. The summed E-state index contributed by atoms with van der Waals surface area (Å²) in [6.45, 7) is 7.08. The van der Waals surface area contributed by atoms with Crippen LogP contribution in [0, 0.1) is 19.8 Å². The summed E-state index contributed by atoms with van der Waals surface area (Å²) in [7, 11) is -3.80. The fraction of sp³-hybridized carbons (Fsp3) is 0.385. The molecule has 1 amide bonds. The first-order valence-corrected chi connectivity index (χ1v) is 14.1. The number of nitrogens with one attached hydrogen (secondary N) is 2. The largest absolute Gasteiger partial charge is 0.381 e. The molecule has 4 rings (SSSR count). The molecule has 0 aliphatic carbocycles. The van der Waals surface area contributed by atoms with Crippen LogP contribution in [0.2, 0.25) is 0 Å². The normalized spacial score (nSPS) is 14.6. The van der Waals surface area contributed by atoms with Crippen molar-refractivity contribution in [3.8, 4) is 10.4 Å². The first-order chi connectivity index (χ1) is 16.8. The Kier molecular flexibility index (Phi) is 7.88. The summed E-state index contributed by atoms with van der Waals surface area (Å²) in [4.78, 5) is 18.1. The number of para-hydroxylation sites is 1. The number of thiazole rings is 1. The van der Waals surface area contributed by atoms with Gasteiger partial charge in [-0.05, 0) is 67.9 Å². The summed E-state index contributed by atoms with van der Waals surface area (Å²) in [6.07, 6.45) is 2.83. The van der Waals surface area contributed by atoms with Crippen LogP contribution in [0.5, 0.6) is 0 Å². The quantitative estimate of drug-likeness (QED) is 0.412. The summed E-state index contributed by atoms with van der Waals surface area (Å²) in [5.74, 6) is 0.281. The molecular formula is C26H31N3O4S2. The van der Waals surface area contributed by atoms with Gasteiger partial charge in [-0.25, -0.2) is 13.4 Å². The SMILES string of the molecule is CCc1ccc(-c2sc(NC(=O)CC3CCOCC3)nc2C)cc1S(=O)(=O)Nc1ccccc1C. The zero-order chi connectivity index (χ0) is 25.0. The van der Waals surface area contributed by atoms with Crippen LogP contribution in [0.15, 0.2) is 47.4 Å². The minimum Gasteiger partial charge on any atom is -0.381 e. The van der Waals surface area contributed by atoms with Crippen molar-refractivity contribution in [3.05, 3.63) is 59.3 Å². The van der Waals surface area contributed by atoms with Crippen molar-refractivity contribution in [2.45, 2.75) is 51.3 Å². The zero-order valence-electron chi connectivity index (χ0n) is 20.3. The molecule has 186 valence electrons. The van der Waals surface area contributed by atoms with Crippen molar-refractivity contribution in [1.82, 2.24) is 4.98 Å². The number of hydrogen-bond donors (Lipinski definition) is 2. The van der Waals surface area contributed by atoms with Crippen LogP contribution in [0.25, 0.3) is 10.4 Å². The van der Waals surface area contributed by atoms with Gasteiger partial charge in [0.25, 0.3) is 10.0 Å². The van der Waals surface area contributed by atoms with Gasteiger partial charge in [0, 0.05) is 19.6 Å². The number of carbonyl (C=O) groups is 1. The molecule has 0 radical (unpaired) electrons. The topological polar surface area (TPSA) is 97.4 Å². The molecule has 7 nitrogen and oxygen atoms in total. The molecule has 9 heteroatoms. The average Bonchev–Trinajstić information content (AvgIpc) is 3.20. The summed E-state index contributed by atoms with van der Waals surface area (Å²) in [5.41, 5.74) is 3.65. The third-order valence-corrected chi connectivity index (χ3v) is 8.82. The highest BCUT2D eigenvalue weighted by Crippen LogP contribution is 2.35. The van der Waals surface area contributed by atoms with E-state index < -0.39 is 10.0 Å². The van der Waals surface area contributed by atoms with Crippen molar-refractivity contribution in [2.24, 2.45) is 5.92 Å². The number of carbonyl (C=O) groups excluding carboxylic acids is 1. The number of anilines is 2. The predicted octanol–water partition coefficient (Wildman–Crippen LogP) is 5.55. The Hall–Kier alpha value is -2.75. The minimum absolute atomic E-state index is 0.0516. The van der Waals surface area contributed by atoms with Gasteiger partial charge in [0.2, 0.25) is 5.91 Å². The number of rotatable bonds is 8. The smallest absolute Gasteiger partial charge is 0.262 e. The lowest BCUT2D eigenvalue weighted by Gasteiger charge is -2.20. The fourth-order valence-corrected chi connectivity index (χ4v) is 6.67. The first kappa shape index (κ1) is 25.3. The van der Waals surface area contributed by atoms with E-state index in [2.05, 4.69) is 15.0 Å². The predicted molar refractivity (Wildman–Crippen MR) is 140 cm³/mol. The number of ether oxygens (including phenoxy) is 1. The molecule has 1 aromatic heterocycles. The van der Waals surface area contributed by atoms with E-state index in [1.807, 2.05) is 45.0 Å². The van der Waals surface area contributed by atoms with Crippen LogP contribution in [0.4, 0.5) is 10.8 Å². The van der Waals surface area contributed by atoms with Gasteiger partial charge in [-0.15, -0.1) is 0 Å². The van der Waals surface area contributed by atoms with E-state index in [0.717, 1.165) is 40.1 Å². The monoisotopic (exact) mass is 513 g/mol. The maximum atomic E-state index is 13.4. The molecule has 0 spiro atoms. The van der Waals surface area contributed by atoms with Crippen LogP contribution in [-0.4, -0.2) is 32.5 Å². The second-order valence-corrected chi connectivity index (χ2v) is 11.5. The summed E-state index contributed by atoms with van der Waals surface area (Å²) in [6, 6.07) is 12.8. The third kappa shape index (κ3) is 6.09. The number of aryl methyl sites for hydroxylation is 3. The Morgan fingerprint density at radius 2 is 1.89 bits per heavy atom. The summed E-state index contributed by atoms with van der Waals surface area (Å²) in [5, 5.41) is 3.45. The molecular weight excluding hydrogens is 482 g/mol. The average molecular weight is 514 g/mol. The Labute approximate surface area is 211 Å². The van der Waals surface area contributed by atoms with Crippen molar-refractivity contribution in [1.29, 1.82) is 0 Å². The van der Waals surface area contributed by atoms with Crippen LogP contribution in [-0.2, 0) is 26.0 Å². The second-order valence-electron chi connectivity index (χ2n) is 8.84. The third-order valence-electron chi connectivity index (χ3n) is 6.25. The highest BCUT2D eigenvalue weighted by atomic mass is 32.2. The lowest BCUT2D eigenvalue weighted by molar-refractivity contribution is -0.117. The van der Waals surface area contributed by atoms with E-state index in [4.69, 9.17) is 4.74 Å². The molecule has 1 fully saturated rings. The van der Waals surface area contributed by atoms with E-state index in [9.17, 15) is 13.2 Å². The molecule has 0 saturated carbocycles. The number of sulfonamides is 1. The molecule has 2 aromatic carbocycles. The molecule has 35 heavy (non-hydrogen) atoms. The molecule has 1 saturated heterocycles. The number of aromatic nitrogens is 1. The van der Waals surface area contributed by atoms with E-state index in [-0.39, 0.29) is 10.8 Å². The number of nitrogens with zero attached hydrogens (tertiary/aromatic N) is 1. The Morgan fingerprint density at radius 3 is 2.60 bits per heavy atom. The summed E-state index contributed by atoms with van der Waals surface area (Å²) < 4.78 is 34.8. The van der Waals surface area contributed by atoms with E-state index in [0.29, 0.717) is 42.8 Å². The maximum absolute atomic E-state index is 13.4. The molecule has 1 aliphatic rings. The molecule has 2 N–H and O–H groups in total.